The number of piperidine rings is 1. The average Bonchev–Trinajstić information content (AvgIpc) is 2.29. The van der Waals surface area contributed by atoms with Gasteiger partial charge in [-0.1, -0.05) is 28.1 Å². The number of nitrogens with one attached hydrogen (secondary N) is 1. The molecule has 1 N–H and O–H groups in total. The molecule has 0 bridgehead atoms. The van der Waals surface area contributed by atoms with Crippen LogP contribution in [-0.4, -0.2) is 19.8 Å². The van der Waals surface area contributed by atoms with Crippen molar-refractivity contribution in [1.29, 1.82) is 0 Å². The first-order chi connectivity index (χ1) is 7.29. The highest BCUT2D eigenvalue weighted by Crippen LogP contribution is 2.26. The van der Waals surface area contributed by atoms with Crippen molar-refractivity contribution < 1.29 is 4.74 Å². The van der Waals surface area contributed by atoms with Crippen molar-refractivity contribution in [3.63, 3.8) is 0 Å². The first-order valence-electron chi connectivity index (χ1n) is 5.31. The molecule has 2 unspecified atom stereocenters. The summed E-state index contributed by atoms with van der Waals surface area (Å²) in [7, 11) is 1.80. The summed E-state index contributed by atoms with van der Waals surface area (Å²) in [5.74, 6) is 0. The van der Waals surface area contributed by atoms with Gasteiger partial charge in [0.1, 0.15) is 0 Å². The van der Waals surface area contributed by atoms with E-state index in [2.05, 4.69) is 45.5 Å². The van der Waals surface area contributed by atoms with Crippen LogP contribution in [0.2, 0.25) is 0 Å². The second-order valence-corrected chi connectivity index (χ2v) is 4.86. The highest BCUT2D eigenvalue weighted by molar-refractivity contribution is 9.10. The van der Waals surface area contributed by atoms with Gasteiger partial charge in [0, 0.05) is 17.6 Å². The Morgan fingerprint density at radius 3 is 3.07 bits per heavy atom. The molecule has 15 heavy (non-hydrogen) atoms. The van der Waals surface area contributed by atoms with Crippen LogP contribution in [0.1, 0.15) is 24.4 Å². The summed E-state index contributed by atoms with van der Waals surface area (Å²) in [6.07, 6.45) is 2.57. The van der Waals surface area contributed by atoms with Crippen LogP contribution < -0.4 is 5.32 Å². The van der Waals surface area contributed by atoms with E-state index in [1.165, 1.54) is 5.56 Å². The Morgan fingerprint density at radius 1 is 1.47 bits per heavy atom. The van der Waals surface area contributed by atoms with Crippen molar-refractivity contribution in [2.75, 3.05) is 13.7 Å². The summed E-state index contributed by atoms with van der Waals surface area (Å²) in [6, 6.07) is 8.91. The molecule has 3 heteroatoms. The smallest absolute Gasteiger partial charge is 0.0601 e. The van der Waals surface area contributed by atoms with Gasteiger partial charge in [0.25, 0.3) is 0 Å². The topological polar surface area (TPSA) is 21.3 Å². The fourth-order valence-corrected chi connectivity index (χ4v) is 2.49. The van der Waals surface area contributed by atoms with Crippen molar-refractivity contribution in [2.45, 2.75) is 25.0 Å². The molecule has 1 aromatic rings. The van der Waals surface area contributed by atoms with Crippen molar-refractivity contribution in [3.8, 4) is 0 Å². The van der Waals surface area contributed by atoms with E-state index in [-0.39, 0.29) is 0 Å². The maximum Gasteiger partial charge on any atom is 0.0601 e. The zero-order valence-electron chi connectivity index (χ0n) is 8.87. The molecule has 82 valence electrons. The lowest BCUT2D eigenvalue weighted by Gasteiger charge is -2.29. The molecule has 1 saturated heterocycles. The minimum Gasteiger partial charge on any atom is -0.381 e. The van der Waals surface area contributed by atoms with Gasteiger partial charge in [0.15, 0.2) is 0 Å². The van der Waals surface area contributed by atoms with Crippen LogP contribution >= 0.6 is 15.9 Å². The van der Waals surface area contributed by atoms with Crippen molar-refractivity contribution in [1.82, 2.24) is 5.32 Å². The Kier molecular flexibility index (Phi) is 3.78. The second-order valence-electron chi connectivity index (χ2n) is 3.94. The summed E-state index contributed by atoms with van der Waals surface area (Å²) >= 11 is 3.50. The standard InChI is InChI=1S/C12H16BrNO/c1-15-11-5-6-14-12(8-11)9-3-2-4-10(13)7-9/h2-4,7,11-12,14H,5-6,8H2,1H3. The van der Waals surface area contributed by atoms with Gasteiger partial charge in [-0.2, -0.15) is 0 Å². The highest BCUT2D eigenvalue weighted by Gasteiger charge is 2.22. The van der Waals surface area contributed by atoms with E-state index in [0.29, 0.717) is 12.1 Å². The van der Waals surface area contributed by atoms with Gasteiger partial charge in [-0.3, -0.25) is 0 Å². The van der Waals surface area contributed by atoms with Gasteiger partial charge in [-0.05, 0) is 37.1 Å². The minimum atomic E-state index is 0.398. The lowest BCUT2D eigenvalue weighted by molar-refractivity contribution is 0.0619. The molecule has 2 atom stereocenters. The Bertz CT molecular complexity index is 329. The summed E-state index contributed by atoms with van der Waals surface area (Å²) in [6.45, 7) is 1.04. The zero-order valence-corrected chi connectivity index (χ0v) is 10.5. The third kappa shape index (κ3) is 2.80. The van der Waals surface area contributed by atoms with Gasteiger partial charge in [-0.25, -0.2) is 0 Å². The third-order valence-corrected chi connectivity index (χ3v) is 3.43. The normalized spacial score (nSPS) is 26.5. The summed E-state index contributed by atoms with van der Waals surface area (Å²) in [4.78, 5) is 0. The highest BCUT2D eigenvalue weighted by atomic mass is 79.9. The largest absolute Gasteiger partial charge is 0.381 e. The number of rotatable bonds is 2. The van der Waals surface area contributed by atoms with Crippen LogP contribution in [0.3, 0.4) is 0 Å². The number of ether oxygens (including phenoxy) is 1. The van der Waals surface area contributed by atoms with Crippen molar-refractivity contribution in [3.05, 3.63) is 34.3 Å². The van der Waals surface area contributed by atoms with Crippen LogP contribution in [0.5, 0.6) is 0 Å². The van der Waals surface area contributed by atoms with Gasteiger partial charge >= 0.3 is 0 Å². The molecule has 1 aliphatic heterocycles. The molecule has 2 nitrogen and oxygen atoms in total. The molecular weight excluding hydrogens is 254 g/mol. The first-order valence-corrected chi connectivity index (χ1v) is 6.10. The zero-order chi connectivity index (χ0) is 10.7. The van der Waals surface area contributed by atoms with E-state index < -0.39 is 0 Å². The Labute approximate surface area is 99.1 Å². The van der Waals surface area contributed by atoms with E-state index in [9.17, 15) is 0 Å². The van der Waals surface area contributed by atoms with Crippen LogP contribution in [0.25, 0.3) is 0 Å². The van der Waals surface area contributed by atoms with E-state index in [1.807, 2.05) is 0 Å². The minimum absolute atomic E-state index is 0.398. The van der Waals surface area contributed by atoms with Crippen LogP contribution in [0.4, 0.5) is 0 Å². The second kappa shape index (κ2) is 5.10. The molecule has 2 rings (SSSR count). The Balaban J connectivity index is 2.09. The first kappa shape index (κ1) is 11.1. The van der Waals surface area contributed by atoms with Crippen molar-refractivity contribution in [2.24, 2.45) is 0 Å². The predicted molar refractivity (Wildman–Crippen MR) is 64.9 cm³/mol. The fourth-order valence-electron chi connectivity index (χ4n) is 2.07. The Morgan fingerprint density at radius 2 is 2.33 bits per heavy atom. The van der Waals surface area contributed by atoms with E-state index >= 15 is 0 Å². The van der Waals surface area contributed by atoms with Gasteiger partial charge in [0.2, 0.25) is 0 Å². The molecule has 0 amide bonds. The van der Waals surface area contributed by atoms with Crippen LogP contribution in [0, 0.1) is 0 Å². The molecular formula is C12H16BrNO. The molecule has 0 saturated carbocycles. The van der Waals surface area contributed by atoms with Gasteiger partial charge < -0.3 is 10.1 Å². The van der Waals surface area contributed by atoms with Crippen molar-refractivity contribution >= 4 is 15.9 Å². The SMILES string of the molecule is COC1CCNC(c2cccc(Br)c2)C1. The molecule has 0 radical (unpaired) electrons. The molecule has 0 aliphatic carbocycles. The maximum atomic E-state index is 5.42. The number of halogens is 1. The van der Waals surface area contributed by atoms with Gasteiger partial charge in [0.05, 0.1) is 6.10 Å². The Hall–Kier alpha value is -0.380. The monoisotopic (exact) mass is 269 g/mol. The number of methoxy groups -OCH3 is 1. The van der Waals surface area contributed by atoms with E-state index in [0.717, 1.165) is 23.9 Å². The molecule has 1 fully saturated rings. The van der Waals surface area contributed by atoms with E-state index in [4.69, 9.17) is 4.74 Å². The summed E-state index contributed by atoms with van der Waals surface area (Å²) < 4.78 is 6.56. The number of benzene rings is 1. The van der Waals surface area contributed by atoms with Crippen LogP contribution in [0.15, 0.2) is 28.7 Å². The van der Waals surface area contributed by atoms with E-state index in [1.54, 1.807) is 7.11 Å². The molecule has 0 aromatic heterocycles. The van der Waals surface area contributed by atoms with Gasteiger partial charge in [-0.15, -0.1) is 0 Å². The molecule has 0 spiro atoms. The molecule has 1 heterocycles. The molecule has 1 aromatic carbocycles. The average molecular weight is 270 g/mol. The molecule has 1 aliphatic rings. The summed E-state index contributed by atoms with van der Waals surface area (Å²) in [5.41, 5.74) is 1.34. The summed E-state index contributed by atoms with van der Waals surface area (Å²) in [5, 5.41) is 3.53. The maximum absolute atomic E-state index is 5.42. The van der Waals surface area contributed by atoms with Crippen LogP contribution in [-0.2, 0) is 4.74 Å². The number of hydrogen-bond donors (Lipinski definition) is 1. The number of hydrogen-bond acceptors (Lipinski definition) is 2. The quantitative estimate of drug-likeness (QED) is 0.892. The lowest BCUT2D eigenvalue weighted by atomic mass is 9.95. The fraction of sp³-hybridized carbons (Fsp3) is 0.500. The third-order valence-electron chi connectivity index (χ3n) is 2.94. The predicted octanol–water partition coefficient (Wildman–Crippen LogP) is 2.89. The lowest BCUT2D eigenvalue weighted by Crippen LogP contribution is -2.35.